The zero-order chi connectivity index (χ0) is 36.4. The van der Waals surface area contributed by atoms with Gasteiger partial charge in [-0.3, -0.25) is 0 Å². The van der Waals surface area contributed by atoms with Gasteiger partial charge in [0.15, 0.2) is 0 Å². The second kappa shape index (κ2) is 9.27. The first-order chi connectivity index (χ1) is 18.6. The maximum atomic E-state index is 14.8. The Morgan fingerprint density at radius 2 is 0.727 bits per heavy atom. The summed E-state index contributed by atoms with van der Waals surface area (Å²) in [4.78, 5) is 10.9. The molecule has 0 aromatic heterocycles. The first kappa shape index (κ1) is 39.5. The molecular weight excluding hydrogens is 711 g/mol. The third kappa shape index (κ3) is 3.83. The van der Waals surface area contributed by atoms with Gasteiger partial charge in [0.05, 0.1) is 0 Å². The van der Waals surface area contributed by atoms with Gasteiger partial charge in [0, 0.05) is 5.57 Å². The van der Waals surface area contributed by atoms with Crippen molar-refractivity contribution in [3.05, 3.63) is 12.2 Å². The third-order valence-electron chi connectivity index (χ3n) is 5.78. The van der Waals surface area contributed by atoms with Crippen molar-refractivity contribution in [2.24, 2.45) is 0 Å². The molecule has 0 bridgehead atoms. The van der Waals surface area contributed by atoms with E-state index in [0.29, 0.717) is 0 Å². The SMILES string of the molecule is C=C(C)C(=O)OC(F)(F)C(F)(F)C(F)(F)C(F)(F)C(F)(F)C1(F)C(F)(F)C(F)(F)C(F)(F)C(F)(F)C(F)(F)C(F)(F)C1(F)F. The predicted molar refractivity (Wildman–Crippen MR) is 84.1 cm³/mol. The lowest BCUT2D eigenvalue weighted by Gasteiger charge is -2.54. The molecule has 1 aliphatic carbocycles. The maximum absolute atomic E-state index is 14.8. The Morgan fingerprint density at radius 1 is 0.477 bits per heavy atom. The van der Waals surface area contributed by atoms with Crippen molar-refractivity contribution in [2.45, 2.75) is 83.8 Å². The lowest BCUT2D eigenvalue weighted by molar-refractivity contribution is -0.523. The quantitative estimate of drug-likeness (QED) is 0.150. The van der Waals surface area contributed by atoms with Gasteiger partial charge in [0.1, 0.15) is 0 Å². The maximum Gasteiger partial charge on any atom is 0.473 e. The predicted octanol–water partition coefficient (Wildman–Crippen LogP) is 8.41. The molecule has 0 saturated heterocycles. The molecule has 1 rings (SSSR count). The summed E-state index contributed by atoms with van der Waals surface area (Å²) in [6.45, 7) is 2.47. The molecule has 0 amide bonds. The molecule has 44 heavy (non-hydrogen) atoms. The lowest BCUT2D eigenvalue weighted by Crippen LogP contribution is -2.88. The van der Waals surface area contributed by atoms with Crippen LogP contribution in [0.1, 0.15) is 6.92 Å². The summed E-state index contributed by atoms with van der Waals surface area (Å²) < 4.78 is 349. The van der Waals surface area contributed by atoms with Crippen molar-refractivity contribution in [3.8, 4) is 0 Å². The number of rotatable bonds is 7. The molecule has 0 unspecified atom stereocenters. The molecule has 0 aromatic rings. The summed E-state index contributed by atoms with van der Waals surface area (Å²) >= 11 is 0. The third-order valence-corrected chi connectivity index (χ3v) is 5.78. The van der Waals surface area contributed by atoms with Crippen LogP contribution in [-0.2, 0) is 9.53 Å². The van der Waals surface area contributed by atoms with E-state index in [2.05, 4.69) is 11.3 Å². The van der Waals surface area contributed by atoms with Crippen LogP contribution in [-0.4, -0.2) is 82.9 Å². The molecule has 0 heterocycles. The van der Waals surface area contributed by atoms with E-state index in [9.17, 15) is 115 Å². The minimum Gasteiger partial charge on any atom is -0.393 e. The van der Waals surface area contributed by atoms with E-state index >= 15 is 0 Å². The molecule has 1 fully saturated rings. The number of halogens is 25. The summed E-state index contributed by atoms with van der Waals surface area (Å²) in [6.07, 6.45) is -7.75. The summed E-state index contributed by atoms with van der Waals surface area (Å²) in [5.74, 6) is -107. The number of hydrogen-bond donors (Lipinski definition) is 0. The summed E-state index contributed by atoms with van der Waals surface area (Å²) in [5.41, 5.74) is -11.9. The normalized spacial score (nSPS) is 25.8. The second-order valence-corrected chi connectivity index (χ2v) is 8.66. The van der Waals surface area contributed by atoms with Crippen LogP contribution in [0.4, 0.5) is 110 Å². The molecule has 260 valence electrons. The molecule has 0 radical (unpaired) electrons. The van der Waals surface area contributed by atoms with Crippen LogP contribution in [0.2, 0.25) is 0 Å². The average molecular weight is 716 g/mol. The standard InChI is InChI=1S/C17H5F25O2/c1-3(2)4(43)44-17(41,42)16(39,40)15(37,38)11(29,30)8(23,24)5(18)6(19,20)9(25,26)12(31,32)14(35,36)13(33,34)10(27,28)7(5,21)22/h1H2,2H3. The number of ether oxygens (including phenoxy) is 1. The summed E-state index contributed by atoms with van der Waals surface area (Å²) in [7, 11) is 0. The van der Waals surface area contributed by atoms with Gasteiger partial charge in [-0.05, 0) is 6.92 Å². The van der Waals surface area contributed by atoms with E-state index < -0.39 is 88.5 Å². The van der Waals surface area contributed by atoms with E-state index in [4.69, 9.17) is 0 Å². The van der Waals surface area contributed by atoms with Gasteiger partial charge in [0.2, 0.25) is 0 Å². The summed E-state index contributed by atoms with van der Waals surface area (Å²) in [6, 6.07) is 0. The highest BCUT2D eigenvalue weighted by molar-refractivity contribution is 5.87. The van der Waals surface area contributed by atoms with Crippen LogP contribution in [0.3, 0.4) is 0 Å². The number of esters is 1. The molecule has 0 atom stereocenters. The molecule has 0 aromatic carbocycles. The Labute approximate surface area is 222 Å². The Hall–Kier alpha value is -2.54. The molecule has 0 spiro atoms. The zero-order valence-corrected chi connectivity index (χ0v) is 19.5. The van der Waals surface area contributed by atoms with Crippen molar-refractivity contribution in [3.63, 3.8) is 0 Å². The van der Waals surface area contributed by atoms with Gasteiger partial charge in [-0.1, -0.05) is 6.58 Å². The van der Waals surface area contributed by atoms with Crippen LogP contribution in [0.25, 0.3) is 0 Å². The van der Waals surface area contributed by atoms with Crippen molar-refractivity contribution >= 4 is 5.97 Å². The number of carbonyl (C=O) groups is 1. The lowest BCUT2D eigenvalue weighted by atomic mass is 9.68. The van der Waals surface area contributed by atoms with Gasteiger partial charge in [0.25, 0.3) is 0 Å². The van der Waals surface area contributed by atoms with E-state index in [1.807, 2.05) is 0 Å². The van der Waals surface area contributed by atoms with Gasteiger partial charge in [-0.15, -0.1) is 0 Å². The van der Waals surface area contributed by atoms with Crippen molar-refractivity contribution < 1.29 is 119 Å². The van der Waals surface area contributed by atoms with Gasteiger partial charge in [-0.25, -0.2) is 9.18 Å². The number of alkyl halides is 25. The largest absolute Gasteiger partial charge is 0.473 e. The van der Waals surface area contributed by atoms with Crippen LogP contribution in [0.5, 0.6) is 0 Å². The monoisotopic (exact) mass is 716 g/mol. The van der Waals surface area contributed by atoms with Crippen molar-refractivity contribution in [1.29, 1.82) is 0 Å². The molecule has 1 aliphatic rings. The zero-order valence-electron chi connectivity index (χ0n) is 19.5. The Balaban J connectivity index is 4.41. The fourth-order valence-corrected chi connectivity index (χ4v) is 3.07. The van der Waals surface area contributed by atoms with Crippen LogP contribution >= 0.6 is 0 Å². The van der Waals surface area contributed by atoms with Crippen LogP contribution in [0.15, 0.2) is 12.2 Å². The van der Waals surface area contributed by atoms with Crippen LogP contribution in [0, 0.1) is 0 Å². The van der Waals surface area contributed by atoms with E-state index in [1.54, 1.807) is 0 Å². The van der Waals surface area contributed by atoms with Gasteiger partial charge >= 0.3 is 82.9 Å². The van der Waals surface area contributed by atoms with Crippen molar-refractivity contribution in [2.75, 3.05) is 0 Å². The number of hydrogen-bond acceptors (Lipinski definition) is 2. The molecule has 1 saturated carbocycles. The Bertz CT molecular complexity index is 1140. The van der Waals surface area contributed by atoms with E-state index in [1.165, 1.54) is 0 Å². The minimum absolute atomic E-state index is 0.165. The van der Waals surface area contributed by atoms with Gasteiger partial charge in [-0.2, -0.15) is 105 Å². The average Bonchev–Trinajstić information content (AvgIpc) is 2.80. The van der Waals surface area contributed by atoms with E-state index in [-0.39, 0.29) is 6.92 Å². The molecule has 27 heteroatoms. The number of carbonyl (C=O) groups excluding carboxylic acids is 1. The molecule has 0 N–H and O–H groups in total. The fraction of sp³-hybridized carbons (Fsp3) is 0.824. The van der Waals surface area contributed by atoms with Crippen molar-refractivity contribution in [1.82, 2.24) is 0 Å². The first-order valence-electron chi connectivity index (χ1n) is 9.69. The highest BCUT2D eigenvalue weighted by atomic mass is 19.4. The summed E-state index contributed by atoms with van der Waals surface area (Å²) in [5, 5.41) is 0. The van der Waals surface area contributed by atoms with E-state index in [0.717, 1.165) is 0 Å². The Kier molecular flexibility index (Phi) is 8.31. The second-order valence-electron chi connectivity index (χ2n) is 8.66. The van der Waals surface area contributed by atoms with Gasteiger partial charge < -0.3 is 4.74 Å². The minimum atomic E-state index is -10.3. The highest BCUT2D eigenvalue weighted by Crippen LogP contribution is 2.74. The fourth-order valence-electron chi connectivity index (χ4n) is 3.07. The Morgan fingerprint density at radius 3 is 0.977 bits per heavy atom. The highest BCUT2D eigenvalue weighted by Gasteiger charge is 3.08. The molecular formula is C17H5F25O2. The first-order valence-corrected chi connectivity index (χ1v) is 9.69. The smallest absolute Gasteiger partial charge is 0.393 e. The topological polar surface area (TPSA) is 26.3 Å². The molecule has 2 nitrogen and oxygen atoms in total. The molecule has 0 aliphatic heterocycles. The van der Waals surface area contributed by atoms with Crippen LogP contribution < -0.4 is 0 Å².